The summed E-state index contributed by atoms with van der Waals surface area (Å²) in [5.74, 6) is -1.66. The van der Waals surface area contributed by atoms with E-state index in [0.29, 0.717) is 4.31 Å². The number of hydrogen-bond donors (Lipinski definition) is 1. The van der Waals surface area contributed by atoms with Crippen LogP contribution in [0.25, 0.3) is 0 Å². The van der Waals surface area contributed by atoms with E-state index in [9.17, 15) is 17.6 Å². The summed E-state index contributed by atoms with van der Waals surface area (Å²) in [6, 6.07) is 7.04. The van der Waals surface area contributed by atoms with Gasteiger partial charge in [0.2, 0.25) is 5.91 Å². The second-order valence-corrected chi connectivity index (χ2v) is 7.73. The molecule has 0 fully saturated rings. The number of primary amides is 1. The molecule has 0 aliphatic heterocycles. The van der Waals surface area contributed by atoms with Crippen LogP contribution in [0.15, 0.2) is 41.3 Å². The number of nitrogens with two attached hydrogens (primary N) is 1. The standard InChI is InChI=1S/C14H10Cl3FN2O3S/c15-8-1-3-10(16)13(5-8)24(22,23)20(7-14(19)21)9-2-4-12(18)11(17)6-9/h1-6H,7H2,(H2,19,21). The Morgan fingerprint density at radius 2 is 1.75 bits per heavy atom. The zero-order valence-corrected chi connectivity index (χ0v) is 14.9. The summed E-state index contributed by atoms with van der Waals surface area (Å²) in [4.78, 5) is 11.0. The number of carbonyl (C=O) groups excluding carboxylic acids is 1. The molecule has 0 bridgehead atoms. The molecule has 0 saturated carbocycles. The first kappa shape index (κ1) is 18.8. The van der Waals surface area contributed by atoms with Gasteiger partial charge in [0.15, 0.2) is 0 Å². The zero-order chi connectivity index (χ0) is 18.1. The van der Waals surface area contributed by atoms with Crippen LogP contribution in [0.5, 0.6) is 0 Å². The minimum absolute atomic E-state index is 0.0451. The average molecular weight is 412 g/mol. The first-order valence-corrected chi connectivity index (χ1v) is 8.91. The summed E-state index contributed by atoms with van der Waals surface area (Å²) in [6.45, 7) is -0.687. The Labute approximate surface area is 152 Å². The number of sulfonamides is 1. The van der Waals surface area contributed by atoms with Crippen LogP contribution in [-0.2, 0) is 14.8 Å². The highest BCUT2D eigenvalue weighted by atomic mass is 35.5. The van der Waals surface area contributed by atoms with Crippen molar-refractivity contribution in [2.24, 2.45) is 5.73 Å². The summed E-state index contributed by atoms with van der Waals surface area (Å²) in [5, 5.41) is -0.273. The highest BCUT2D eigenvalue weighted by Crippen LogP contribution is 2.32. The fourth-order valence-corrected chi connectivity index (χ4v) is 4.23. The first-order valence-electron chi connectivity index (χ1n) is 6.34. The molecule has 24 heavy (non-hydrogen) atoms. The highest BCUT2D eigenvalue weighted by Gasteiger charge is 2.29. The molecule has 0 aromatic heterocycles. The summed E-state index contributed by atoms with van der Waals surface area (Å²) in [6.07, 6.45) is 0. The number of carbonyl (C=O) groups is 1. The molecule has 0 aliphatic carbocycles. The number of anilines is 1. The van der Waals surface area contributed by atoms with Crippen LogP contribution in [0.1, 0.15) is 0 Å². The van der Waals surface area contributed by atoms with Gasteiger partial charge < -0.3 is 5.73 Å². The molecule has 10 heteroatoms. The number of halogens is 4. The van der Waals surface area contributed by atoms with Gasteiger partial charge in [-0.2, -0.15) is 0 Å². The Hall–Kier alpha value is -1.54. The summed E-state index contributed by atoms with van der Waals surface area (Å²) in [5.41, 5.74) is 5.09. The van der Waals surface area contributed by atoms with Crippen molar-refractivity contribution >= 4 is 56.4 Å². The van der Waals surface area contributed by atoms with Crippen LogP contribution in [-0.4, -0.2) is 20.9 Å². The van der Waals surface area contributed by atoms with Crippen molar-refractivity contribution in [3.63, 3.8) is 0 Å². The lowest BCUT2D eigenvalue weighted by Gasteiger charge is -2.24. The summed E-state index contributed by atoms with van der Waals surface area (Å²) >= 11 is 17.4. The monoisotopic (exact) mass is 410 g/mol. The van der Waals surface area contributed by atoms with E-state index in [-0.39, 0.29) is 25.7 Å². The lowest BCUT2D eigenvalue weighted by molar-refractivity contribution is -0.116. The van der Waals surface area contributed by atoms with E-state index in [1.807, 2.05) is 0 Å². The Kier molecular flexibility index (Phi) is 5.59. The number of amides is 1. The first-order chi connectivity index (χ1) is 11.1. The van der Waals surface area contributed by atoms with Crippen LogP contribution < -0.4 is 10.0 Å². The predicted octanol–water partition coefficient (Wildman–Crippen LogP) is 3.47. The molecule has 2 N–H and O–H groups in total. The molecular formula is C14H10Cl3FN2O3S. The third kappa shape index (κ3) is 3.92. The van der Waals surface area contributed by atoms with E-state index >= 15 is 0 Å². The largest absolute Gasteiger partial charge is 0.368 e. The molecule has 0 saturated heterocycles. The van der Waals surface area contributed by atoms with Crippen molar-refractivity contribution in [2.45, 2.75) is 4.90 Å². The van der Waals surface area contributed by atoms with E-state index in [1.165, 1.54) is 12.1 Å². The van der Waals surface area contributed by atoms with E-state index in [2.05, 4.69) is 0 Å². The fraction of sp³-hybridized carbons (Fsp3) is 0.0714. The molecule has 0 radical (unpaired) electrons. The number of nitrogens with zero attached hydrogens (tertiary/aromatic N) is 1. The maximum absolute atomic E-state index is 13.3. The van der Waals surface area contributed by atoms with Crippen LogP contribution in [0, 0.1) is 5.82 Å². The van der Waals surface area contributed by atoms with Gasteiger partial charge in [0.25, 0.3) is 10.0 Å². The molecule has 2 rings (SSSR count). The molecule has 0 aliphatic rings. The number of benzene rings is 2. The van der Waals surface area contributed by atoms with Crippen molar-refractivity contribution in [2.75, 3.05) is 10.8 Å². The Bertz CT molecular complexity index is 906. The summed E-state index contributed by atoms with van der Waals surface area (Å²) < 4.78 is 39.8. The SMILES string of the molecule is NC(=O)CN(c1ccc(F)c(Cl)c1)S(=O)(=O)c1cc(Cl)ccc1Cl. The molecule has 0 atom stereocenters. The lowest BCUT2D eigenvalue weighted by Crippen LogP contribution is -2.38. The van der Waals surface area contributed by atoms with Gasteiger partial charge >= 0.3 is 0 Å². The van der Waals surface area contributed by atoms with Crippen LogP contribution in [0.4, 0.5) is 10.1 Å². The van der Waals surface area contributed by atoms with Gasteiger partial charge in [-0.15, -0.1) is 0 Å². The quantitative estimate of drug-likeness (QED) is 0.818. The van der Waals surface area contributed by atoms with Gasteiger partial charge in [-0.3, -0.25) is 9.10 Å². The zero-order valence-electron chi connectivity index (χ0n) is 11.8. The number of rotatable bonds is 5. The van der Waals surface area contributed by atoms with Crippen molar-refractivity contribution in [3.05, 3.63) is 57.3 Å². The van der Waals surface area contributed by atoms with Crippen molar-refractivity contribution in [1.82, 2.24) is 0 Å². The maximum atomic E-state index is 13.3. The van der Waals surface area contributed by atoms with E-state index in [1.54, 1.807) is 0 Å². The molecule has 2 aromatic rings. The van der Waals surface area contributed by atoms with Gasteiger partial charge in [0, 0.05) is 5.02 Å². The number of hydrogen-bond acceptors (Lipinski definition) is 3. The van der Waals surface area contributed by atoms with Crippen molar-refractivity contribution in [3.8, 4) is 0 Å². The Balaban J connectivity index is 2.64. The molecule has 0 heterocycles. The third-order valence-electron chi connectivity index (χ3n) is 2.95. The summed E-state index contributed by atoms with van der Waals surface area (Å²) in [7, 11) is -4.30. The molecule has 0 spiro atoms. The average Bonchev–Trinajstić information content (AvgIpc) is 2.50. The minimum atomic E-state index is -4.30. The molecule has 1 amide bonds. The van der Waals surface area contributed by atoms with Crippen molar-refractivity contribution < 1.29 is 17.6 Å². The van der Waals surface area contributed by atoms with Gasteiger partial charge in [-0.25, -0.2) is 12.8 Å². The highest BCUT2D eigenvalue weighted by molar-refractivity contribution is 7.93. The normalized spacial score (nSPS) is 11.3. The molecule has 5 nitrogen and oxygen atoms in total. The fourth-order valence-electron chi connectivity index (χ4n) is 1.89. The second kappa shape index (κ2) is 7.14. The topological polar surface area (TPSA) is 80.5 Å². The maximum Gasteiger partial charge on any atom is 0.266 e. The van der Waals surface area contributed by atoms with Crippen molar-refractivity contribution in [1.29, 1.82) is 0 Å². The molecule has 128 valence electrons. The Morgan fingerprint density at radius 1 is 1.08 bits per heavy atom. The molecular weight excluding hydrogens is 402 g/mol. The van der Waals surface area contributed by atoms with Crippen LogP contribution >= 0.6 is 34.8 Å². The van der Waals surface area contributed by atoms with E-state index in [0.717, 1.165) is 24.3 Å². The van der Waals surface area contributed by atoms with E-state index < -0.39 is 28.3 Å². The Morgan fingerprint density at radius 3 is 2.33 bits per heavy atom. The molecule has 2 aromatic carbocycles. The van der Waals surface area contributed by atoms with Gasteiger partial charge in [0.05, 0.1) is 15.7 Å². The van der Waals surface area contributed by atoms with Gasteiger partial charge in [-0.05, 0) is 36.4 Å². The van der Waals surface area contributed by atoms with Crippen LogP contribution in [0.2, 0.25) is 15.1 Å². The van der Waals surface area contributed by atoms with Gasteiger partial charge in [0.1, 0.15) is 17.3 Å². The molecule has 0 unspecified atom stereocenters. The van der Waals surface area contributed by atoms with E-state index in [4.69, 9.17) is 40.5 Å². The predicted molar refractivity (Wildman–Crippen MR) is 91.6 cm³/mol. The second-order valence-electron chi connectivity index (χ2n) is 4.65. The van der Waals surface area contributed by atoms with Gasteiger partial charge in [-0.1, -0.05) is 34.8 Å². The minimum Gasteiger partial charge on any atom is -0.368 e. The smallest absolute Gasteiger partial charge is 0.266 e. The lowest BCUT2D eigenvalue weighted by atomic mass is 10.3. The van der Waals surface area contributed by atoms with Crippen LogP contribution in [0.3, 0.4) is 0 Å². The third-order valence-corrected chi connectivity index (χ3v) is 5.73.